The Balaban J connectivity index is 2.43. The maximum atomic E-state index is 11.4. The Kier molecular flexibility index (Phi) is 4.29. The summed E-state index contributed by atoms with van der Waals surface area (Å²) in [5.41, 5.74) is 0.719. The minimum atomic E-state index is -0.941. The van der Waals surface area contributed by atoms with Crippen LogP contribution in [-0.4, -0.2) is 38.4 Å². The average molecular weight is 276 g/mol. The molecule has 0 aliphatic carbocycles. The fourth-order valence-electron chi connectivity index (χ4n) is 1.98. The van der Waals surface area contributed by atoms with Crippen LogP contribution in [0.15, 0.2) is 24.3 Å². The number of aromatic nitrogens is 4. The van der Waals surface area contributed by atoms with Crippen molar-refractivity contribution in [1.82, 2.24) is 20.2 Å². The van der Waals surface area contributed by atoms with E-state index in [9.17, 15) is 9.90 Å². The van der Waals surface area contributed by atoms with Crippen molar-refractivity contribution in [2.45, 2.75) is 25.8 Å². The first-order chi connectivity index (χ1) is 9.67. The predicted octanol–water partition coefficient (Wildman–Crippen LogP) is 1.77. The highest BCUT2D eigenvalue weighted by molar-refractivity contribution is 5.73. The number of hydrogen-bond donors (Lipinski definition) is 1. The number of carbonyl (C=O) groups is 1. The highest BCUT2D eigenvalue weighted by Crippen LogP contribution is 2.25. The van der Waals surface area contributed by atoms with Crippen molar-refractivity contribution >= 4 is 5.97 Å². The number of aliphatic carboxylic acids is 1. The maximum absolute atomic E-state index is 11.4. The second-order valence-corrected chi connectivity index (χ2v) is 4.32. The quantitative estimate of drug-likeness (QED) is 0.864. The van der Waals surface area contributed by atoms with Crippen molar-refractivity contribution < 1.29 is 14.6 Å². The molecule has 2 aromatic rings. The highest BCUT2D eigenvalue weighted by atomic mass is 16.5. The zero-order valence-corrected chi connectivity index (χ0v) is 11.4. The van der Waals surface area contributed by atoms with Crippen LogP contribution in [0.3, 0.4) is 0 Å². The summed E-state index contributed by atoms with van der Waals surface area (Å²) in [6.45, 7) is 1.92. The van der Waals surface area contributed by atoms with Crippen molar-refractivity contribution in [2.24, 2.45) is 0 Å². The third-order valence-electron chi connectivity index (χ3n) is 2.96. The van der Waals surface area contributed by atoms with E-state index in [2.05, 4.69) is 15.5 Å². The summed E-state index contributed by atoms with van der Waals surface area (Å²) < 4.78 is 6.50. The fourth-order valence-corrected chi connectivity index (χ4v) is 1.98. The second-order valence-electron chi connectivity index (χ2n) is 4.32. The molecule has 106 valence electrons. The lowest BCUT2D eigenvalue weighted by Gasteiger charge is -2.13. The molecule has 0 saturated carbocycles. The van der Waals surface area contributed by atoms with Gasteiger partial charge in [-0.1, -0.05) is 25.5 Å². The van der Waals surface area contributed by atoms with E-state index < -0.39 is 12.0 Å². The molecule has 0 spiro atoms. The Bertz CT molecular complexity index is 597. The van der Waals surface area contributed by atoms with Gasteiger partial charge in [-0.3, -0.25) is 0 Å². The van der Waals surface area contributed by atoms with Gasteiger partial charge in [0.2, 0.25) is 0 Å². The Hall–Kier alpha value is -2.44. The third-order valence-corrected chi connectivity index (χ3v) is 2.96. The van der Waals surface area contributed by atoms with E-state index in [0.29, 0.717) is 18.0 Å². The van der Waals surface area contributed by atoms with Gasteiger partial charge < -0.3 is 9.84 Å². The summed E-state index contributed by atoms with van der Waals surface area (Å²) in [6, 6.07) is 6.43. The van der Waals surface area contributed by atoms with Crippen molar-refractivity contribution in [1.29, 1.82) is 0 Å². The van der Waals surface area contributed by atoms with E-state index >= 15 is 0 Å². The lowest BCUT2D eigenvalue weighted by Crippen LogP contribution is -2.21. The van der Waals surface area contributed by atoms with Crippen LogP contribution >= 0.6 is 0 Å². The van der Waals surface area contributed by atoms with Crippen LogP contribution in [0, 0.1) is 0 Å². The van der Waals surface area contributed by atoms with Gasteiger partial charge in [-0.25, -0.2) is 9.48 Å². The molecule has 7 nitrogen and oxygen atoms in total. The summed E-state index contributed by atoms with van der Waals surface area (Å²) in [6.07, 6.45) is 1.20. The van der Waals surface area contributed by atoms with Crippen LogP contribution in [0.4, 0.5) is 0 Å². The monoisotopic (exact) mass is 276 g/mol. The van der Waals surface area contributed by atoms with Gasteiger partial charge in [-0.05, 0) is 29.0 Å². The summed E-state index contributed by atoms with van der Waals surface area (Å²) in [5, 5.41) is 20.7. The van der Waals surface area contributed by atoms with Crippen LogP contribution in [-0.2, 0) is 4.79 Å². The number of ether oxygens (including phenoxy) is 1. The fraction of sp³-hybridized carbons (Fsp3) is 0.385. The number of benzene rings is 1. The third kappa shape index (κ3) is 2.76. The van der Waals surface area contributed by atoms with Crippen LogP contribution in [0.2, 0.25) is 0 Å². The van der Waals surface area contributed by atoms with Crippen molar-refractivity contribution in [3.63, 3.8) is 0 Å². The molecular weight excluding hydrogens is 260 g/mol. The van der Waals surface area contributed by atoms with E-state index in [1.54, 1.807) is 19.2 Å². The van der Waals surface area contributed by atoms with Gasteiger partial charge in [0, 0.05) is 5.56 Å². The SMILES string of the molecule is CCCC(C(=O)O)n1nnnc1-c1cccc(OC)c1. The molecule has 7 heteroatoms. The highest BCUT2D eigenvalue weighted by Gasteiger charge is 2.24. The van der Waals surface area contributed by atoms with Crippen molar-refractivity contribution in [3.8, 4) is 17.1 Å². The molecule has 1 N–H and O–H groups in total. The molecule has 2 rings (SSSR count). The maximum Gasteiger partial charge on any atom is 0.328 e. The molecule has 1 aromatic carbocycles. The first kappa shape index (κ1) is 14.0. The summed E-state index contributed by atoms with van der Waals surface area (Å²) in [7, 11) is 1.57. The van der Waals surface area contributed by atoms with E-state index in [1.807, 2.05) is 19.1 Å². The molecule has 0 aliphatic rings. The molecule has 0 saturated heterocycles. The van der Waals surface area contributed by atoms with E-state index in [-0.39, 0.29) is 0 Å². The van der Waals surface area contributed by atoms with E-state index in [4.69, 9.17) is 4.74 Å². The van der Waals surface area contributed by atoms with E-state index in [0.717, 1.165) is 12.0 Å². The number of carboxylic acids is 1. The van der Waals surface area contributed by atoms with Crippen molar-refractivity contribution in [2.75, 3.05) is 7.11 Å². The summed E-state index contributed by atoms with van der Waals surface area (Å²) in [4.78, 5) is 11.4. The largest absolute Gasteiger partial charge is 0.497 e. The molecule has 20 heavy (non-hydrogen) atoms. The molecule has 1 atom stereocenters. The Morgan fingerprint density at radius 3 is 2.95 bits per heavy atom. The first-order valence-corrected chi connectivity index (χ1v) is 6.32. The van der Waals surface area contributed by atoms with E-state index in [1.165, 1.54) is 4.68 Å². The molecule has 0 bridgehead atoms. The Labute approximate surface area is 116 Å². The van der Waals surface area contributed by atoms with Gasteiger partial charge in [0.15, 0.2) is 11.9 Å². The molecular formula is C13H16N4O3. The molecule has 1 aromatic heterocycles. The van der Waals surface area contributed by atoms with Crippen LogP contribution < -0.4 is 4.74 Å². The average Bonchev–Trinajstić information content (AvgIpc) is 2.93. The van der Waals surface area contributed by atoms with Gasteiger partial charge in [-0.15, -0.1) is 5.10 Å². The molecule has 0 aliphatic heterocycles. The molecule has 1 unspecified atom stereocenters. The molecule has 0 amide bonds. The van der Waals surface area contributed by atoms with Gasteiger partial charge >= 0.3 is 5.97 Å². The number of nitrogens with zero attached hydrogens (tertiary/aromatic N) is 4. The standard InChI is InChI=1S/C13H16N4O3/c1-3-5-11(13(18)19)17-12(14-15-16-17)9-6-4-7-10(8-9)20-2/h4,6-8,11H,3,5H2,1-2H3,(H,18,19). The normalized spacial score (nSPS) is 12.1. The zero-order valence-electron chi connectivity index (χ0n) is 11.4. The lowest BCUT2D eigenvalue weighted by molar-refractivity contribution is -0.141. The Morgan fingerprint density at radius 1 is 1.50 bits per heavy atom. The van der Waals surface area contributed by atoms with Gasteiger partial charge in [0.25, 0.3) is 0 Å². The number of rotatable bonds is 6. The van der Waals surface area contributed by atoms with Crippen LogP contribution in [0.5, 0.6) is 5.75 Å². The van der Waals surface area contributed by atoms with Gasteiger partial charge in [0.1, 0.15) is 5.75 Å². The second kappa shape index (κ2) is 6.14. The van der Waals surface area contributed by atoms with Crippen molar-refractivity contribution in [3.05, 3.63) is 24.3 Å². The molecule has 1 heterocycles. The minimum absolute atomic E-state index is 0.421. The number of tetrazole rings is 1. The molecule has 0 fully saturated rings. The first-order valence-electron chi connectivity index (χ1n) is 6.32. The summed E-state index contributed by atoms with van der Waals surface area (Å²) >= 11 is 0. The van der Waals surface area contributed by atoms with Crippen LogP contribution in [0.25, 0.3) is 11.4 Å². The lowest BCUT2D eigenvalue weighted by atomic mass is 10.1. The van der Waals surface area contributed by atoms with Gasteiger partial charge in [0.05, 0.1) is 7.11 Å². The topological polar surface area (TPSA) is 90.1 Å². The number of hydrogen-bond acceptors (Lipinski definition) is 5. The van der Waals surface area contributed by atoms with Gasteiger partial charge in [-0.2, -0.15) is 0 Å². The smallest absolute Gasteiger partial charge is 0.328 e. The zero-order chi connectivity index (χ0) is 14.5. The van der Waals surface area contributed by atoms with Crippen LogP contribution in [0.1, 0.15) is 25.8 Å². The predicted molar refractivity (Wildman–Crippen MR) is 71.4 cm³/mol. The summed E-state index contributed by atoms with van der Waals surface area (Å²) in [5.74, 6) is 0.146. The number of carboxylic acid groups (broad SMARTS) is 1. The molecule has 0 radical (unpaired) electrons. The Morgan fingerprint density at radius 2 is 2.30 bits per heavy atom. The number of methoxy groups -OCH3 is 1. The minimum Gasteiger partial charge on any atom is -0.497 e.